The predicted molar refractivity (Wildman–Crippen MR) is 125 cm³/mol. The van der Waals surface area contributed by atoms with Gasteiger partial charge in [-0.3, -0.25) is 9.79 Å². The molecule has 1 aliphatic heterocycles. The molecule has 1 aliphatic rings. The molecular weight excluding hydrogens is 484 g/mol. The molecule has 0 atom stereocenters. The van der Waals surface area contributed by atoms with Crippen LogP contribution in [0.4, 0.5) is 10.1 Å². The highest BCUT2D eigenvalue weighted by Crippen LogP contribution is 2.16. The van der Waals surface area contributed by atoms with E-state index in [0.717, 1.165) is 37.4 Å². The number of aliphatic imine (C=N–C) groups is 1. The van der Waals surface area contributed by atoms with E-state index in [1.807, 2.05) is 35.2 Å². The van der Waals surface area contributed by atoms with Gasteiger partial charge in [0, 0.05) is 44.8 Å². The minimum atomic E-state index is -0.230. The summed E-state index contributed by atoms with van der Waals surface area (Å²) in [4.78, 5) is 20.5. The number of nitrogens with two attached hydrogens (primary N) is 1. The van der Waals surface area contributed by atoms with Crippen molar-refractivity contribution in [2.45, 2.75) is 13.0 Å². The zero-order chi connectivity index (χ0) is 19.8. The second kappa shape index (κ2) is 11.6. The molecule has 1 fully saturated rings. The number of carbonyl (C=O) groups excluding carboxylic acids is 1. The molecule has 0 aliphatic carbocycles. The van der Waals surface area contributed by atoms with Gasteiger partial charge in [0.05, 0.1) is 6.54 Å². The van der Waals surface area contributed by atoms with Crippen molar-refractivity contribution in [3.05, 3.63) is 66.0 Å². The smallest absolute Gasteiger partial charge is 0.222 e. The summed E-state index contributed by atoms with van der Waals surface area (Å²) in [6, 6.07) is 16.3. The molecule has 3 rings (SSSR count). The van der Waals surface area contributed by atoms with Crippen LogP contribution in [-0.2, 0) is 11.3 Å². The van der Waals surface area contributed by atoms with E-state index < -0.39 is 0 Å². The number of benzene rings is 2. The molecule has 8 heteroatoms. The van der Waals surface area contributed by atoms with E-state index in [9.17, 15) is 9.18 Å². The van der Waals surface area contributed by atoms with E-state index in [0.29, 0.717) is 25.5 Å². The number of halogens is 2. The van der Waals surface area contributed by atoms with Gasteiger partial charge in [0.15, 0.2) is 5.96 Å². The lowest BCUT2D eigenvalue weighted by atomic mass is 10.2. The molecule has 0 bridgehead atoms. The second-order valence-electron chi connectivity index (χ2n) is 6.70. The van der Waals surface area contributed by atoms with E-state index in [-0.39, 0.29) is 35.7 Å². The van der Waals surface area contributed by atoms with Crippen molar-refractivity contribution < 1.29 is 9.18 Å². The topological polar surface area (TPSA) is 74.0 Å². The number of anilines is 1. The van der Waals surface area contributed by atoms with Crippen LogP contribution in [0.3, 0.4) is 0 Å². The van der Waals surface area contributed by atoms with Crippen LogP contribution in [0.5, 0.6) is 0 Å². The van der Waals surface area contributed by atoms with Crippen molar-refractivity contribution >= 4 is 41.5 Å². The number of nitrogens with one attached hydrogen (secondary N) is 1. The lowest BCUT2D eigenvalue weighted by Crippen LogP contribution is -2.51. The summed E-state index contributed by atoms with van der Waals surface area (Å²) in [6.45, 7) is 3.95. The van der Waals surface area contributed by atoms with Crippen LogP contribution in [0.25, 0.3) is 0 Å². The van der Waals surface area contributed by atoms with E-state index in [4.69, 9.17) is 5.73 Å². The lowest BCUT2D eigenvalue weighted by Gasteiger charge is -2.36. The van der Waals surface area contributed by atoms with Gasteiger partial charge >= 0.3 is 0 Å². The van der Waals surface area contributed by atoms with E-state index >= 15 is 0 Å². The van der Waals surface area contributed by atoms with E-state index in [1.165, 1.54) is 12.1 Å². The van der Waals surface area contributed by atoms with Gasteiger partial charge in [-0.15, -0.1) is 24.0 Å². The summed E-state index contributed by atoms with van der Waals surface area (Å²) in [6.07, 6.45) is 0.309. The molecule has 156 valence electrons. The van der Waals surface area contributed by atoms with Crippen LogP contribution in [-0.4, -0.2) is 49.5 Å². The lowest BCUT2D eigenvalue weighted by molar-refractivity contribution is -0.121. The number of carbonyl (C=O) groups is 1. The molecule has 2 aromatic carbocycles. The molecule has 2 aromatic rings. The summed E-state index contributed by atoms with van der Waals surface area (Å²) >= 11 is 0. The summed E-state index contributed by atoms with van der Waals surface area (Å²) in [5, 5.41) is 2.88. The number of rotatable bonds is 6. The summed E-state index contributed by atoms with van der Waals surface area (Å²) in [7, 11) is 0. The first kappa shape index (κ1) is 22.9. The third kappa shape index (κ3) is 7.19. The van der Waals surface area contributed by atoms with Gasteiger partial charge in [-0.2, -0.15) is 0 Å². The van der Waals surface area contributed by atoms with Gasteiger partial charge in [0.2, 0.25) is 5.91 Å². The maximum absolute atomic E-state index is 13.0. The van der Waals surface area contributed by atoms with Gasteiger partial charge in [0.1, 0.15) is 5.82 Å². The van der Waals surface area contributed by atoms with Crippen molar-refractivity contribution in [3.8, 4) is 0 Å². The van der Waals surface area contributed by atoms with Gasteiger partial charge in [-0.1, -0.05) is 30.3 Å². The summed E-state index contributed by atoms with van der Waals surface area (Å²) in [5.41, 5.74) is 8.15. The zero-order valence-electron chi connectivity index (χ0n) is 16.3. The molecule has 0 radical (unpaired) electrons. The number of hydrogen-bond acceptors (Lipinski definition) is 3. The normalized spacial score (nSPS) is 14.3. The molecule has 3 N–H and O–H groups in total. The van der Waals surface area contributed by atoms with Crippen molar-refractivity contribution in [1.29, 1.82) is 0 Å². The Balaban J connectivity index is 0.00000300. The Morgan fingerprint density at radius 2 is 1.69 bits per heavy atom. The number of amides is 1. The van der Waals surface area contributed by atoms with Crippen LogP contribution in [0.15, 0.2) is 59.6 Å². The highest BCUT2D eigenvalue weighted by atomic mass is 127. The van der Waals surface area contributed by atoms with Crippen molar-refractivity contribution in [2.24, 2.45) is 10.7 Å². The Bertz CT molecular complexity index is 792. The maximum Gasteiger partial charge on any atom is 0.222 e. The highest BCUT2D eigenvalue weighted by Gasteiger charge is 2.18. The zero-order valence-corrected chi connectivity index (χ0v) is 18.6. The number of nitrogens with zero attached hydrogens (tertiary/aromatic N) is 3. The third-order valence-corrected chi connectivity index (χ3v) is 4.74. The molecule has 6 nitrogen and oxygen atoms in total. The van der Waals surface area contributed by atoms with Gasteiger partial charge in [-0.05, 0) is 29.8 Å². The quantitative estimate of drug-likeness (QED) is 0.356. The first-order chi connectivity index (χ1) is 13.6. The van der Waals surface area contributed by atoms with Crippen molar-refractivity contribution in [2.75, 3.05) is 37.6 Å². The Labute approximate surface area is 188 Å². The van der Waals surface area contributed by atoms with Crippen LogP contribution in [0.2, 0.25) is 0 Å². The van der Waals surface area contributed by atoms with E-state index in [1.54, 1.807) is 12.1 Å². The first-order valence-corrected chi connectivity index (χ1v) is 9.48. The van der Waals surface area contributed by atoms with Gasteiger partial charge < -0.3 is 20.9 Å². The highest BCUT2D eigenvalue weighted by molar-refractivity contribution is 14.0. The third-order valence-electron chi connectivity index (χ3n) is 4.74. The molecular formula is C21H27FIN5O. The second-order valence-corrected chi connectivity index (χ2v) is 6.70. The Kier molecular flexibility index (Phi) is 9.17. The van der Waals surface area contributed by atoms with Crippen molar-refractivity contribution in [1.82, 2.24) is 10.2 Å². The predicted octanol–water partition coefficient (Wildman–Crippen LogP) is 2.59. The number of hydrogen-bond donors (Lipinski definition) is 2. The average Bonchev–Trinajstić information content (AvgIpc) is 2.73. The number of piperazine rings is 1. The molecule has 0 aromatic heterocycles. The standard InChI is InChI=1S/C21H26FN5O.HI/c22-18-6-8-19(9-7-18)26-12-14-27(15-13-26)21(23)24-11-10-20(28)25-16-17-4-2-1-3-5-17;/h1-9H,10-16H2,(H2,23,24)(H,25,28);1H. The Hall–Kier alpha value is -2.36. The molecule has 1 saturated heterocycles. The molecule has 1 heterocycles. The van der Waals surface area contributed by atoms with E-state index in [2.05, 4.69) is 15.2 Å². The number of guanidine groups is 1. The van der Waals surface area contributed by atoms with Crippen LogP contribution in [0, 0.1) is 5.82 Å². The first-order valence-electron chi connectivity index (χ1n) is 9.48. The summed E-state index contributed by atoms with van der Waals surface area (Å²) in [5.74, 6) is 0.197. The molecule has 0 spiro atoms. The fourth-order valence-electron chi connectivity index (χ4n) is 3.10. The van der Waals surface area contributed by atoms with Crippen LogP contribution >= 0.6 is 24.0 Å². The SMILES string of the molecule is I.NC(=NCCC(=O)NCc1ccccc1)N1CCN(c2ccc(F)cc2)CC1. The maximum atomic E-state index is 13.0. The monoisotopic (exact) mass is 511 g/mol. The fraction of sp³-hybridized carbons (Fsp3) is 0.333. The van der Waals surface area contributed by atoms with Gasteiger partial charge in [0.25, 0.3) is 0 Å². The fourth-order valence-corrected chi connectivity index (χ4v) is 3.10. The molecule has 1 amide bonds. The Morgan fingerprint density at radius 1 is 1.03 bits per heavy atom. The largest absolute Gasteiger partial charge is 0.370 e. The minimum absolute atomic E-state index is 0. The average molecular weight is 511 g/mol. The summed E-state index contributed by atoms with van der Waals surface area (Å²) < 4.78 is 13.0. The molecule has 0 saturated carbocycles. The Morgan fingerprint density at radius 3 is 2.34 bits per heavy atom. The van der Waals surface area contributed by atoms with Gasteiger partial charge in [-0.25, -0.2) is 4.39 Å². The minimum Gasteiger partial charge on any atom is -0.370 e. The van der Waals surface area contributed by atoms with Crippen LogP contribution < -0.4 is 16.0 Å². The van der Waals surface area contributed by atoms with Crippen molar-refractivity contribution in [3.63, 3.8) is 0 Å². The molecule has 29 heavy (non-hydrogen) atoms. The van der Waals surface area contributed by atoms with Crippen LogP contribution in [0.1, 0.15) is 12.0 Å². The molecule has 0 unspecified atom stereocenters.